The van der Waals surface area contributed by atoms with Crippen LogP contribution in [0.15, 0.2) is 35.2 Å². The highest BCUT2D eigenvalue weighted by Gasteiger charge is 2.28. The molecule has 1 aromatic heterocycles. The lowest BCUT2D eigenvalue weighted by Gasteiger charge is -2.18. The molecular weight excluding hydrogens is 444 g/mol. The highest BCUT2D eigenvalue weighted by atomic mass is 32.2. The molecule has 9 nitrogen and oxygen atoms in total. The van der Waals surface area contributed by atoms with Crippen molar-refractivity contribution in [2.75, 3.05) is 6.50 Å². The van der Waals surface area contributed by atoms with Gasteiger partial charge in [0.05, 0.1) is 10.6 Å². The summed E-state index contributed by atoms with van der Waals surface area (Å²) in [6.45, 7) is 2.97. The number of unbranched alkanes of at least 4 members (excludes halogenated alkanes) is 5. The van der Waals surface area contributed by atoms with E-state index in [9.17, 15) is 23.3 Å². The van der Waals surface area contributed by atoms with Crippen molar-refractivity contribution in [3.05, 3.63) is 57.4 Å². The Kier molecular flexibility index (Phi) is 8.99. The van der Waals surface area contributed by atoms with Gasteiger partial charge in [0.1, 0.15) is 8.78 Å². The molecule has 1 N–H and O–H groups in total. The minimum atomic E-state index is -3.91. The molecule has 1 atom stereocenters. The lowest BCUT2D eigenvalue weighted by Crippen LogP contribution is -2.43. The van der Waals surface area contributed by atoms with Crippen molar-refractivity contribution >= 4 is 15.9 Å². The lowest BCUT2D eigenvalue weighted by molar-refractivity contribution is -0.480. The van der Waals surface area contributed by atoms with E-state index < -0.39 is 33.4 Å². The summed E-state index contributed by atoms with van der Waals surface area (Å²) in [6, 6.07) is 7.18. The first-order valence-corrected chi connectivity index (χ1v) is 12.6. The second-order valence-corrected chi connectivity index (χ2v) is 9.95. The third kappa shape index (κ3) is 8.70. The maximum Gasteiger partial charge on any atom is 0.265 e. The average Bonchev–Trinajstić information content (AvgIpc) is 3.12. The molecule has 0 aliphatic carbocycles. The lowest BCUT2D eigenvalue weighted by atomic mass is 10.0. The van der Waals surface area contributed by atoms with E-state index in [1.807, 2.05) is 6.92 Å². The van der Waals surface area contributed by atoms with Gasteiger partial charge in [-0.2, -0.15) is 9.82 Å². The molecular formula is C23H34N4O5S. The fraction of sp³-hybridized carbons (Fsp3) is 0.565. The minimum Gasteiger partial charge on any atom is -0.271 e. The molecule has 1 heterocycles. The van der Waals surface area contributed by atoms with Gasteiger partial charge in [0.25, 0.3) is 5.91 Å². The first-order chi connectivity index (χ1) is 16.3. The van der Waals surface area contributed by atoms with Crippen molar-refractivity contribution < 1.29 is 20.9 Å². The van der Waals surface area contributed by atoms with E-state index in [0.717, 1.165) is 24.8 Å². The van der Waals surface area contributed by atoms with Crippen LogP contribution >= 0.6 is 0 Å². The SMILES string of the molecule is [2H]C([2H])(CCCCCCCCC(NS(=O)(=O)c1ccc(C)cc1)C(=O)n1nc(C)cc1C)[N+](=O)[O-]. The van der Waals surface area contributed by atoms with Crippen LogP contribution in [0.25, 0.3) is 0 Å². The molecule has 0 fully saturated rings. The van der Waals surface area contributed by atoms with Crippen LogP contribution in [0.3, 0.4) is 0 Å². The van der Waals surface area contributed by atoms with Crippen LogP contribution in [0, 0.1) is 30.9 Å². The summed E-state index contributed by atoms with van der Waals surface area (Å²) in [5.74, 6) is -0.437. The quantitative estimate of drug-likeness (QED) is 0.246. The molecule has 1 unspecified atom stereocenters. The summed E-state index contributed by atoms with van der Waals surface area (Å²) in [5, 5.41) is 14.8. The molecule has 1 aromatic carbocycles. The topological polar surface area (TPSA) is 124 Å². The molecule has 33 heavy (non-hydrogen) atoms. The minimum absolute atomic E-state index is 0.0869. The molecule has 0 spiro atoms. The Labute approximate surface area is 198 Å². The predicted octanol–water partition coefficient (Wildman–Crippen LogP) is 4.19. The van der Waals surface area contributed by atoms with Gasteiger partial charge in [-0.25, -0.2) is 13.1 Å². The van der Waals surface area contributed by atoms with Gasteiger partial charge in [-0.3, -0.25) is 14.9 Å². The monoisotopic (exact) mass is 480 g/mol. The number of carbonyl (C=O) groups excluding carboxylic acids is 1. The number of hydrogen-bond donors (Lipinski definition) is 1. The van der Waals surface area contributed by atoms with Crippen LogP contribution < -0.4 is 4.72 Å². The maximum atomic E-state index is 13.2. The van der Waals surface area contributed by atoms with Crippen LogP contribution in [0.2, 0.25) is 0 Å². The Hall–Kier alpha value is -2.59. The van der Waals surface area contributed by atoms with Gasteiger partial charge in [-0.1, -0.05) is 49.8 Å². The zero-order chi connectivity index (χ0) is 26.2. The van der Waals surface area contributed by atoms with E-state index in [1.165, 1.54) is 16.8 Å². The third-order valence-corrected chi connectivity index (χ3v) is 6.79. The molecule has 10 heteroatoms. The number of sulfonamides is 1. The van der Waals surface area contributed by atoms with Crippen LogP contribution in [-0.4, -0.2) is 41.6 Å². The van der Waals surface area contributed by atoms with Crippen molar-refractivity contribution in [2.24, 2.45) is 0 Å². The van der Waals surface area contributed by atoms with Gasteiger partial charge in [-0.05, 0) is 51.8 Å². The summed E-state index contributed by atoms with van der Waals surface area (Å²) in [4.78, 5) is 23.0. The zero-order valence-corrected chi connectivity index (χ0v) is 20.2. The van der Waals surface area contributed by atoms with Gasteiger partial charge in [-0.15, -0.1) is 0 Å². The average molecular weight is 481 g/mol. The first-order valence-electron chi connectivity index (χ1n) is 12.1. The molecule has 0 aliphatic heterocycles. The second-order valence-electron chi connectivity index (χ2n) is 8.24. The van der Waals surface area contributed by atoms with Gasteiger partial charge < -0.3 is 0 Å². The number of benzene rings is 1. The Bertz CT molecular complexity index is 1120. The molecule has 2 rings (SSSR count). The van der Waals surface area contributed by atoms with E-state index in [4.69, 9.17) is 2.74 Å². The van der Waals surface area contributed by atoms with Crippen molar-refractivity contribution in [1.82, 2.24) is 14.5 Å². The summed E-state index contributed by atoms with van der Waals surface area (Å²) >= 11 is 0. The highest BCUT2D eigenvalue weighted by Crippen LogP contribution is 2.16. The Morgan fingerprint density at radius 3 is 2.21 bits per heavy atom. The molecule has 2 aromatic rings. The fourth-order valence-electron chi connectivity index (χ4n) is 3.56. The largest absolute Gasteiger partial charge is 0.271 e. The number of aryl methyl sites for hydroxylation is 3. The number of aromatic nitrogens is 2. The maximum absolute atomic E-state index is 13.2. The Morgan fingerprint density at radius 2 is 1.67 bits per heavy atom. The van der Waals surface area contributed by atoms with Crippen molar-refractivity contribution in [1.29, 1.82) is 0 Å². The second kappa shape index (κ2) is 12.6. The van der Waals surface area contributed by atoms with Crippen molar-refractivity contribution in [2.45, 2.75) is 83.1 Å². The Balaban J connectivity index is 1.96. The standard InChI is InChI=1S/C23H34N4O5S/c1-18-12-14-21(15-13-18)33(31,32)25-22(23(28)27-20(3)17-19(2)24-27)11-9-7-5-4-6-8-10-16-26(29)30/h12-15,17,22,25H,4-11,16H2,1-3H3/i16D2. The van der Waals surface area contributed by atoms with Gasteiger partial charge in [0, 0.05) is 17.0 Å². The van der Waals surface area contributed by atoms with Crippen LogP contribution in [0.1, 0.15) is 75.9 Å². The number of rotatable bonds is 14. The number of nitro groups is 1. The fourth-order valence-corrected chi connectivity index (χ4v) is 4.78. The Morgan fingerprint density at radius 1 is 1.09 bits per heavy atom. The zero-order valence-electron chi connectivity index (χ0n) is 21.4. The van der Waals surface area contributed by atoms with E-state index in [2.05, 4.69) is 9.82 Å². The number of carbonyl (C=O) groups is 1. The number of nitrogens with zero attached hydrogens (tertiary/aromatic N) is 3. The summed E-state index contributed by atoms with van der Waals surface area (Å²) < 4.78 is 44.3. The van der Waals surface area contributed by atoms with Crippen molar-refractivity contribution in [3.63, 3.8) is 0 Å². The van der Waals surface area contributed by atoms with Gasteiger partial charge in [0.15, 0.2) is 0 Å². The van der Waals surface area contributed by atoms with Crippen LogP contribution in [0.4, 0.5) is 0 Å². The van der Waals surface area contributed by atoms with E-state index in [-0.39, 0.29) is 11.3 Å². The number of nitrogens with one attached hydrogen (secondary N) is 1. The van der Waals surface area contributed by atoms with E-state index in [1.54, 1.807) is 32.0 Å². The molecule has 0 bridgehead atoms. The summed E-state index contributed by atoms with van der Waals surface area (Å²) in [5.41, 5.74) is 2.22. The molecule has 182 valence electrons. The molecule has 0 amide bonds. The smallest absolute Gasteiger partial charge is 0.265 e. The highest BCUT2D eigenvalue weighted by molar-refractivity contribution is 7.89. The van der Waals surface area contributed by atoms with Crippen molar-refractivity contribution in [3.8, 4) is 0 Å². The van der Waals surface area contributed by atoms with Crippen LogP contribution in [-0.2, 0) is 10.0 Å². The van der Waals surface area contributed by atoms with Gasteiger partial charge in [0.2, 0.25) is 16.5 Å². The molecule has 0 saturated heterocycles. The predicted molar refractivity (Wildman–Crippen MR) is 126 cm³/mol. The van der Waals surface area contributed by atoms with Gasteiger partial charge >= 0.3 is 0 Å². The summed E-state index contributed by atoms with van der Waals surface area (Å²) in [7, 11) is -3.91. The van der Waals surface area contributed by atoms with Crippen LogP contribution in [0.5, 0.6) is 0 Å². The summed E-state index contributed by atoms with van der Waals surface area (Å²) in [6.07, 6.45) is 4.18. The van der Waals surface area contributed by atoms with E-state index >= 15 is 0 Å². The number of hydrogen-bond acceptors (Lipinski definition) is 6. The normalized spacial score (nSPS) is 13.9. The molecule has 0 radical (unpaired) electrons. The van der Waals surface area contributed by atoms with E-state index in [0.29, 0.717) is 37.1 Å². The first kappa shape index (κ1) is 23.6. The third-order valence-electron chi connectivity index (χ3n) is 5.31. The molecule has 0 aliphatic rings. The molecule has 0 saturated carbocycles.